The molecule has 2 rings (SSSR count). The van der Waals surface area contributed by atoms with E-state index < -0.39 is 0 Å². The average molecular weight is 344 g/mol. The first kappa shape index (κ1) is 19.9. The van der Waals surface area contributed by atoms with Crippen molar-refractivity contribution in [1.82, 2.24) is 15.5 Å². The lowest BCUT2D eigenvalue weighted by Gasteiger charge is -2.27. The summed E-state index contributed by atoms with van der Waals surface area (Å²) < 4.78 is 12.9. The van der Waals surface area contributed by atoms with Gasteiger partial charge in [-0.15, -0.1) is 12.4 Å². The highest BCUT2D eigenvalue weighted by Gasteiger charge is 2.24. The summed E-state index contributed by atoms with van der Waals surface area (Å²) in [5.74, 6) is 0.0945. The van der Waals surface area contributed by atoms with E-state index in [1.807, 2.05) is 7.05 Å². The van der Waals surface area contributed by atoms with Crippen molar-refractivity contribution in [3.8, 4) is 0 Å². The van der Waals surface area contributed by atoms with E-state index >= 15 is 0 Å². The molecule has 0 saturated carbocycles. The van der Waals surface area contributed by atoms with Crippen LogP contribution < -0.4 is 10.6 Å². The lowest BCUT2D eigenvalue weighted by molar-refractivity contribution is -0.126. The molecular weight excluding hydrogens is 317 g/mol. The van der Waals surface area contributed by atoms with Crippen molar-refractivity contribution >= 4 is 18.3 Å². The van der Waals surface area contributed by atoms with Crippen LogP contribution in [0.1, 0.15) is 25.3 Å². The molecule has 0 unspecified atom stereocenters. The zero-order valence-corrected chi connectivity index (χ0v) is 14.7. The summed E-state index contributed by atoms with van der Waals surface area (Å²) >= 11 is 0. The minimum absolute atomic E-state index is 0. The average Bonchev–Trinajstić information content (AvgIpc) is 2.49. The van der Waals surface area contributed by atoms with Crippen LogP contribution in [0, 0.1) is 11.7 Å². The van der Waals surface area contributed by atoms with Crippen molar-refractivity contribution in [2.24, 2.45) is 5.92 Å². The highest BCUT2D eigenvalue weighted by Crippen LogP contribution is 2.15. The fourth-order valence-electron chi connectivity index (χ4n) is 2.86. The molecule has 1 amide bonds. The SMILES string of the molecule is C[C@H]1C[C@@H](C(=O)NCCN(C)Cc2ccc(F)cc2)CCN1.Cl. The van der Waals surface area contributed by atoms with E-state index in [0.717, 1.165) is 38.0 Å². The molecule has 0 aliphatic carbocycles. The first-order valence-corrected chi connectivity index (χ1v) is 7.98. The third-order valence-electron chi connectivity index (χ3n) is 4.15. The predicted octanol–water partition coefficient (Wildman–Crippen LogP) is 2.18. The van der Waals surface area contributed by atoms with Gasteiger partial charge in [-0.05, 0) is 51.1 Å². The fourth-order valence-corrected chi connectivity index (χ4v) is 2.86. The Balaban J connectivity index is 0.00000264. The number of benzene rings is 1. The Morgan fingerprint density at radius 2 is 2.09 bits per heavy atom. The predicted molar refractivity (Wildman–Crippen MR) is 93.2 cm³/mol. The second kappa shape index (κ2) is 9.85. The van der Waals surface area contributed by atoms with Crippen LogP contribution in [0.25, 0.3) is 0 Å². The van der Waals surface area contributed by atoms with Gasteiger partial charge in [0.1, 0.15) is 5.82 Å². The molecule has 23 heavy (non-hydrogen) atoms. The molecule has 1 aromatic rings. The number of likely N-dealkylation sites (N-methyl/N-ethyl adjacent to an activating group) is 1. The summed E-state index contributed by atoms with van der Waals surface area (Å²) in [4.78, 5) is 14.2. The molecule has 1 fully saturated rings. The van der Waals surface area contributed by atoms with E-state index in [9.17, 15) is 9.18 Å². The second-order valence-corrected chi connectivity index (χ2v) is 6.23. The van der Waals surface area contributed by atoms with Crippen molar-refractivity contribution in [3.63, 3.8) is 0 Å². The van der Waals surface area contributed by atoms with Crippen LogP contribution in [0.4, 0.5) is 4.39 Å². The maximum atomic E-state index is 12.9. The smallest absolute Gasteiger partial charge is 0.223 e. The number of carbonyl (C=O) groups excluding carboxylic acids is 1. The van der Waals surface area contributed by atoms with Gasteiger partial charge in [0.25, 0.3) is 0 Å². The number of rotatable bonds is 6. The molecule has 1 aromatic carbocycles. The van der Waals surface area contributed by atoms with Crippen molar-refractivity contribution < 1.29 is 9.18 Å². The highest BCUT2D eigenvalue weighted by atomic mass is 35.5. The Morgan fingerprint density at radius 1 is 1.39 bits per heavy atom. The van der Waals surface area contributed by atoms with Gasteiger partial charge >= 0.3 is 0 Å². The maximum Gasteiger partial charge on any atom is 0.223 e. The number of carbonyl (C=O) groups is 1. The largest absolute Gasteiger partial charge is 0.355 e. The minimum atomic E-state index is -0.213. The van der Waals surface area contributed by atoms with Crippen LogP contribution in [-0.4, -0.2) is 43.5 Å². The molecular formula is C17H27ClFN3O. The number of halogens is 2. The van der Waals surface area contributed by atoms with Gasteiger partial charge in [0.2, 0.25) is 5.91 Å². The summed E-state index contributed by atoms with van der Waals surface area (Å²) in [5, 5.41) is 6.39. The lowest BCUT2D eigenvalue weighted by Crippen LogP contribution is -2.43. The lowest BCUT2D eigenvalue weighted by atomic mass is 9.92. The van der Waals surface area contributed by atoms with Gasteiger partial charge in [-0.25, -0.2) is 4.39 Å². The Morgan fingerprint density at radius 3 is 2.74 bits per heavy atom. The third kappa shape index (κ3) is 6.85. The Bertz CT molecular complexity index is 483. The molecule has 1 aliphatic rings. The van der Waals surface area contributed by atoms with Gasteiger partial charge < -0.3 is 15.5 Å². The molecule has 6 heteroatoms. The minimum Gasteiger partial charge on any atom is -0.355 e. The van der Waals surface area contributed by atoms with Crippen LogP contribution >= 0.6 is 12.4 Å². The van der Waals surface area contributed by atoms with Crippen LogP contribution in [0.2, 0.25) is 0 Å². The van der Waals surface area contributed by atoms with Crippen molar-refractivity contribution in [3.05, 3.63) is 35.6 Å². The van der Waals surface area contributed by atoms with Gasteiger partial charge in [-0.1, -0.05) is 12.1 Å². The van der Waals surface area contributed by atoms with Gasteiger partial charge in [-0.2, -0.15) is 0 Å². The molecule has 4 nitrogen and oxygen atoms in total. The normalized spacial score (nSPS) is 20.9. The zero-order chi connectivity index (χ0) is 15.9. The third-order valence-corrected chi connectivity index (χ3v) is 4.15. The zero-order valence-electron chi connectivity index (χ0n) is 13.8. The first-order valence-electron chi connectivity index (χ1n) is 7.98. The molecule has 1 heterocycles. The van der Waals surface area contributed by atoms with E-state index in [1.165, 1.54) is 12.1 Å². The quantitative estimate of drug-likeness (QED) is 0.832. The molecule has 0 spiro atoms. The summed E-state index contributed by atoms with van der Waals surface area (Å²) in [5.41, 5.74) is 1.07. The van der Waals surface area contributed by atoms with Crippen LogP contribution in [0.15, 0.2) is 24.3 Å². The van der Waals surface area contributed by atoms with Gasteiger partial charge in [-0.3, -0.25) is 4.79 Å². The topological polar surface area (TPSA) is 44.4 Å². The van der Waals surface area contributed by atoms with E-state index in [-0.39, 0.29) is 30.0 Å². The first-order chi connectivity index (χ1) is 10.5. The molecule has 2 N–H and O–H groups in total. The Hall–Kier alpha value is -1.17. The summed E-state index contributed by atoms with van der Waals surface area (Å²) in [6.07, 6.45) is 1.83. The van der Waals surface area contributed by atoms with E-state index in [1.54, 1.807) is 12.1 Å². The maximum absolute atomic E-state index is 12.9. The molecule has 1 aliphatic heterocycles. The molecule has 0 bridgehead atoms. The van der Waals surface area contributed by atoms with Crippen molar-refractivity contribution in [1.29, 1.82) is 0 Å². The van der Waals surface area contributed by atoms with Gasteiger partial charge in [0.15, 0.2) is 0 Å². The van der Waals surface area contributed by atoms with E-state index in [0.29, 0.717) is 12.6 Å². The van der Waals surface area contributed by atoms with E-state index in [2.05, 4.69) is 22.5 Å². The number of hydrogen-bond acceptors (Lipinski definition) is 3. The monoisotopic (exact) mass is 343 g/mol. The van der Waals surface area contributed by atoms with Crippen molar-refractivity contribution in [2.75, 3.05) is 26.7 Å². The Kier molecular flexibility index (Phi) is 8.52. The number of amides is 1. The summed E-state index contributed by atoms with van der Waals surface area (Å²) in [7, 11) is 2.00. The molecule has 0 aromatic heterocycles. The van der Waals surface area contributed by atoms with Crippen molar-refractivity contribution in [2.45, 2.75) is 32.4 Å². The van der Waals surface area contributed by atoms with Crippen LogP contribution in [0.5, 0.6) is 0 Å². The Labute approximate surface area is 144 Å². The second-order valence-electron chi connectivity index (χ2n) is 6.23. The number of piperidine rings is 1. The van der Waals surface area contributed by atoms with Crippen LogP contribution in [-0.2, 0) is 11.3 Å². The van der Waals surface area contributed by atoms with Gasteiger partial charge in [0.05, 0.1) is 0 Å². The van der Waals surface area contributed by atoms with Gasteiger partial charge in [0, 0.05) is 31.6 Å². The number of nitrogens with one attached hydrogen (secondary N) is 2. The fraction of sp³-hybridized carbons (Fsp3) is 0.588. The number of hydrogen-bond donors (Lipinski definition) is 2. The summed E-state index contributed by atoms with van der Waals surface area (Å²) in [6, 6.07) is 6.96. The standard InChI is InChI=1S/C17H26FN3O.ClH/c1-13-11-15(7-8-19-13)17(22)20-9-10-21(2)12-14-3-5-16(18)6-4-14;/h3-6,13,15,19H,7-12H2,1-2H3,(H,20,22);1H/t13-,15-;/m0./s1. The highest BCUT2D eigenvalue weighted by molar-refractivity contribution is 5.85. The molecule has 130 valence electrons. The molecule has 2 atom stereocenters. The number of nitrogens with zero attached hydrogens (tertiary/aromatic N) is 1. The van der Waals surface area contributed by atoms with Crippen LogP contribution in [0.3, 0.4) is 0 Å². The van der Waals surface area contributed by atoms with E-state index in [4.69, 9.17) is 0 Å². The summed E-state index contributed by atoms with van der Waals surface area (Å²) in [6.45, 7) is 5.22. The molecule has 1 saturated heterocycles. The molecule has 0 radical (unpaired) electrons.